The first-order chi connectivity index (χ1) is 8.61. The van der Waals surface area contributed by atoms with Gasteiger partial charge in [0.25, 0.3) is 0 Å². The van der Waals surface area contributed by atoms with Gasteiger partial charge < -0.3 is 5.32 Å². The minimum atomic E-state index is 0.114. The maximum absolute atomic E-state index is 11.5. The number of nitrogens with zero attached hydrogens (tertiary/aromatic N) is 3. The van der Waals surface area contributed by atoms with E-state index in [0.29, 0.717) is 6.54 Å². The molecule has 1 amide bonds. The molecule has 18 heavy (non-hydrogen) atoms. The Morgan fingerprint density at radius 2 is 2.28 bits per heavy atom. The molecule has 1 aromatic rings. The highest BCUT2D eigenvalue weighted by molar-refractivity contribution is 9.10. The lowest BCUT2D eigenvalue weighted by Gasteiger charge is -2.19. The fourth-order valence-corrected chi connectivity index (χ4v) is 2.64. The second-order valence-electron chi connectivity index (χ2n) is 4.58. The van der Waals surface area contributed by atoms with E-state index in [1.165, 1.54) is 0 Å². The molecular formula is C12H19BrN4O. The van der Waals surface area contributed by atoms with Gasteiger partial charge in [-0.1, -0.05) is 0 Å². The van der Waals surface area contributed by atoms with Crippen LogP contribution in [0.15, 0.2) is 4.47 Å². The third-order valence-electron chi connectivity index (χ3n) is 3.17. The van der Waals surface area contributed by atoms with Crippen molar-refractivity contribution in [1.82, 2.24) is 20.0 Å². The van der Waals surface area contributed by atoms with Crippen molar-refractivity contribution in [3.63, 3.8) is 0 Å². The molecule has 0 aliphatic carbocycles. The van der Waals surface area contributed by atoms with Gasteiger partial charge in [0.15, 0.2) is 0 Å². The zero-order valence-electron chi connectivity index (χ0n) is 10.9. The molecule has 1 N–H and O–H groups in total. The molecule has 0 spiro atoms. The zero-order chi connectivity index (χ0) is 13.1. The highest BCUT2D eigenvalue weighted by atomic mass is 79.9. The van der Waals surface area contributed by atoms with E-state index in [2.05, 4.69) is 38.2 Å². The highest BCUT2D eigenvalue weighted by Gasteiger charge is 2.19. The van der Waals surface area contributed by atoms with E-state index in [0.717, 1.165) is 48.5 Å². The monoisotopic (exact) mass is 314 g/mol. The molecule has 0 aromatic carbocycles. The summed E-state index contributed by atoms with van der Waals surface area (Å²) >= 11 is 3.59. The summed E-state index contributed by atoms with van der Waals surface area (Å²) in [6.45, 7) is 7.89. The first-order valence-electron chi connectivity index (χ1n) is 6.32. The molecule has 6 heteroatoms. The van der Waals surface area contributed by atoms with Crippen LogP contribution in [0.5, 0.6) is 0 Å². The molecule has 1 aliphatic heterocycles. The predicted molar refractivity (Wildman–Crippen MR) is 73.2 cm³/mol. The normalized spacial score (nSPS) is 17.6. The lowest BCUT2D eigenvalue weighted by Crippen LogP contribution is -2.33. The standard InChI is InChI=1S/C12H19BrN4O/c1-3-17-10(12(13)9(2)15-17)7-16-6-4-5-14-11(18)8-16/h3-8H2,1-2H3,(H,14,18). The predicted octanol–water partition coefficient (Wildman–Crippen LogP) is 1.30. The summed E-state index contributed by atoms with van der Waals surface area (Å²) in [5.41, 5.74) is 2.16. The van der Waals surface area contributed by atoms with E-state index in [1.807, 2.05) is 11.6 Å². The number of carbonyl (C=O) groups excluding carboxylic acids is 1. The summed E-state index contributed by atoms with van der Waals surface area (Å²) in [6.07, 6.45) is 1.00. The van der Waals surface area contributed by atoms with E-state index in [9.17, 15) is 4.79 Å². The van der Waals surface area contributed by atoms with Crippen LogP contribution in [0.3, 0.4) is 0 Å². The van der Waals surface area contributed by atoms with Crippen molar-refractivity contribution in [3.8, 4) is 0 Å². The fraction of sp³-hybridized carbons (Fsp3) is 0.667. The van der Waals surface area contributed by atoms with Crippen LogP contribution < -0.4 is 5.32 Å². The summed E-state index contributed by atoms with van der Waals surface area (Å²) < 4.78 is 3.07. The molecule has 2 rings (SSSR count). The second-order valence-corrected chi connectivity index (χ2v) is 5.37. The molecule has 0 bridgehead atoms. The zero-order valence-corrected chi connectivity index (χ0v) is 12.5. The SMILES string of the molecule is CCn1nc(C)c(Br)c1CN1CCCNC(=O)C1. The largest absolute Gasteiger partial charge is 0.355 e. The van der Waals surface area contributed by atoms with Gasteiger partial charge in [-0.05, 0) is 36.2 Å². The van der Waals surface area contributed by atoms with Gasteiger partial charge in [-0.15, -0.1) is 0 Å². The Balaban J connectivity index is 2.14. The van der Waals surface area contributed by atoms with E-state index < -0.39 is 0 Å². The van der Waals surface area contributed by atoms with Crippen molar-refractivity contribution >= 4 is 21.8 Å². The number of halogens is 1. The van der Waals surface area contributed by atoms with E-state index in [1.54, 1.807) is 0 Å². The third-order valence-corrected chi connectivity index (χ3v) is 4.20. The topological polar surface area (TPSA) is 50.2 Å². The Morgan fingerprint density at radius 3 is 3.00 bits per heavy atom. The van der Waals surface area contributed by atoms with Gasteiger partial charge in [0.2, 0.25) is 5.91 Å². The maximum atomic E-state index is 11.5. The molecular weight excluding hydrogens is 296 g/mol. The Bertz CT molecular complexity index is 444. The highest BCUT2D eigenvalue weighted by Crippen LogP contribution is 2.22. The quantitative estimate of drug-likeness (QED) is 0.915. The molecule has 100 valence electrons. The number of aryl methyl sites for hydroxylation is 2. The number of carbonyl (C=O) groups is 1. The third kappa shape index (κ3) is 2.92. The van der Waals surface area contributed by atoms with Gasteiger partial charge in [-0.25, -0.2) is 0 Å². The smallest absolute Gasteiger partial charge is 0.234 e. The minimum Gasteiger partial charge on any atom is -0.355 e. The number of rotatable bonds is 3. The molecule has 0 atom stereocenters. The minimum absolute atomic E-state index is 0.114. The van der Waals surface area contributed by atoms with Crippen LogP contribution in [0.4, 0.5) is 0 Å². The summed E-state index contributed by atoms with van der Waals surface area (Å²) in [6, 6.07) is 0. The van der Waals surface area contributed by atoms with E-state index in [4.69, 9.17) is 0 Å². The number of nitrogens with one attached hydrogen (secondary N) is 1. The van der Waals surface area contributed by atoms with E-state index >= 15 is 0 Å². The number of hydrogen-bond acceptors (Lipinski definition) is 3. The van der Waals surface area contributed by atoms with Crippen molar-refractivity contribution in [2.24, 2.45) is 0 Å². The van der Waals surface area contributed by atoms with Crippen LogP contribution in [0.25, 0.3) is 0 Å². The summed E-state index contributed by atoms with van der Waals surface area (Å²) in [7, 11) is 0. The van der Waals surface area contributed by atoms with Crippen LogP contribution in [-0.2, 0) is 17.9 Å². The van der Waals surface area contributed by atoms with Gasteiger partial charge in [0.1, 0.15) is 0 Å². The van der Waals surface area contributed by atoms with Crippen molar-refractivity contribution in [2.45, 2.75) is 33.4 Å². The first-order valence-corrected chi connectivity index (χ1v) is 7.12. The molecule has 0 saturated carbocycles. The Hall–Kier alpha value is -0.880. The average Bonchev–Trinajstić information content (AvgIpc) is 2.53. The van der Waals surface area contributed by atoms with Gasteiger partial charge in [-0.3, -0.25) is 14.4 Å². The average molecular weight is 315 g/mol. The lowest BCUT2D eigenvalue weighted by atomic mass is 10.3. The Kier molecular flexibility index (Phi) is 4.40. The van der Waals surface area contributed by atoms with Crippen LogP contribution in [-0.4, -0.2) is 40.2 Å². The van der Waals surface area contributed by atoms with Crippen LogP contribution >= 0.6 is 15.9 Å². The van der Waals surface area contributed by atoms with Crippen LogP contribution in [0.1, 0.15) is 24.7 Å². The molecule has 5 nitrogen and oxygen atoms in total. The molecule has 1 aliphatic rings. The molecule has 2 heterocycles. The molecule has 0 radical (unpaired) electrons. The first kappa shape index (κ1) is 13.5. The summed E-state index contributed by atoms with van der Waals surface area (Å²) in [5.74, 6) is 0.114. The summed E-state index contributed by atoms with van der Waals surface area (Å²) in [4.78, 5) is 13.7. The Morgan fingerprint density at radius 1 is 1.50 bits per heavy atom. The van der Waals surface area contributed by atoms with Gasteiger partial charge >= 0.3 is 0 Å². The molecule has 0 unspecified atom stereocenters. The van der Waals surface area contributed by atoms with Gasteiger partial charge in [-0.2, -0.15) is 5.10 Å². The second kappa shape index (κ2) is 5.84. The van der Waals surface area contributed by atoms with Crippen molar-refractivity contribution in [3.05, 3.63) is 15.9 Å². The molecule has 1 saturated heterocycles. The van der Waals surface area contributed by atoms with Crippen molar-refractivity contribution < 1.29 is 4.79 Å². The maximum Gasteiger partial charge on any atom is 0.234 e. The summed E-state index contributed by atoms with van der Waals surface area (Å²) in [5, 5.41) is 7.37. The Labute approximate surface area is 116 Å². The molecule has 1 aromatic heterocycles. The number of hydrogen-bond donors (Lipinski definition) is 1. The van der Waals surface area contributed by atoms with Crippen LogP contribution in [0.2, 0.25) is 0 Å². The number of amides is 1. The number of aromatic nitrogens is 2. The fourth-order valence-electron chi connectivity index (χ4n) is 2.24. The van der Waals surface area contributed by atoms with E-state index in [-0.39, 0.29) is 5.91 Å². The van der Waals surface area contributed by atoms with Gasteiger partial charge in [0, 0.05) is 26.2 Å². The van der Waals surface area contributed by atoms with Crippen LogP contribution in [0, 0.1) is 6.92 Å². The van der Waals surface area contributed by atoms with Crippen molar-refractivity contribution in [1.29, 1.82) is 0 Å². The van der Waals surface area contributed by atoms with Crippen molar-refractivity contribution in [2.75, 3.05) is 19.6 Å². The lowest BCUT2D eigenvalue weighted by molar-refractivity contribution is -0.121. The molecule has 1 fully saturated rings. The van der Waals surface area contributed by atoms with Gasteiger partial charge in [0.05, 0.1) is 22.4 Å².